The van der Waals surface area contributed by atoms with E-state index in [0.29, 0.717) is 19.6 Å². The van der Waals surface area contributed by atoms with Crippen LogP contribution in [0.4, 0.5) is 5.69 Å². The highest BCUT2D eigenvalue weighted by Gasteiger charge is 2.21. The number of anilines is 1. The van der Waals surface area contributed by atoms with Crippen LogP contribution in [-0.2, 0) is 16.1 Å². The summed E-state index contributed by atoms with van der Waals surface area (Å²) in [4.78, 5) is 25.7. The van der Waals surface area contributed by atoms with Crippen LogP contribution in [0.1, 0.15) is 30.9 Å². The van der Waals surface area contributed by atoms with Crippen LogP contribution in [0.3, 0.4) is 0 Å². The fourth-order valence-corrected chi connectivity index (χ4v) is 3.03. The summed E-state index contributed by atoms with van der Waals surface area (Å²) in [5.74, 6) is 0.768. The van der Waals surface area contributed by atoms with Gasteiger partial charge in [-0.1, -0.05) is 30.3 Å². The third kappa shape index (κ3) is 4.97. The zero-order valence-electron chi connectivity index (χ0n) is 15.5. The molecule has 0 saturated carbocycles. The summed E-state index contributed by atoms with van der Waals surface area (Å²) < 4.78 is 5.55. The number of amides is 2. The van der Waals surface area contributed by atoms with Gasteiger partial charge in [0.25, 0.3) is 0 Å². The van der Waals surface area contributed by atoms with E-state index in [9.17, 15) is 9.59 Å². The lowest BCUT2D eigenvalue weighted by atomic mass is 10.1. The minimum Gasteiger partial charge on any atom is -0.493 e. The Morgan fingerprint density at radius 3 is 2.67 bits per heavy atom. The van der Waals surface area contributed by atoms with Gasteiger partial charge in [-0.05, 0) is 43.2 Å². The van der Waals surface area contributed by atoms with E-state index in [-0.39, 0.29) is 11.8 Å². The molecule has 140 valence electrons. The second-order valence-electron chi connectivity index (χ2n) is 6.34. The maximum atomic E-state index is 12.1. The van der Waals surface area contributed by atoms with Crippen molar-refractivity contribution < 1.29 is 14.3 Å². The molecule has 5 heteroatoms. The number of para-hydroxylation sites is 1. The molecule has 1 saturated heterocycles. The van der Waals surface area contributed by atoms with E-state index in [2.05, 4.69) is 5.32 Å². The standard InChI is InChI=1S/C22H24N2O3/c1-2-27-20-7-4-3-6-18(20)11-14-21(25)23-16-17-9-12-19(13-10-17)24-15-5-8-22(24)26/h3-4,6-7,9-14H,2,5,8,15-16H2,1H3,(H,23,25)/b14-11+. The van der Waals surface area contributed by atoms with Crippen LogP contribution >= 0.6 is 0 Å². The van der Waals surface area contributed by atoms with Crippen LogP contribution in [0.2, 0.25) is 0 Å². The number of carbonyl (C=O) groups is 2. The van der Waals surface area contributed by atoms with Crippen molar-refractivity contribution >= 4 is 23.6 Å². The van der Waals surface area contributed by atoms with Crippen LogP contribution in [-0.4, -0.2) is 25.0 Å². The van der Waals surface area contributed by atoms with Gasteiger partial charge in [0.1, 0.15) is 5.75 Å². The molecule has 1 fully saturated rings. The van der Waals surface area contributed by atoms with E-state index in [1.54, 1.807) is 11.0 Å². The Balaban J connectivity index is 1.54. The van der Waals surface area contributed by atoms with Gasteiger partial charge in [0.15, 0.2) is 0 Å². The molecular weight excluding hydrogens is 340 g/mol. The fourth-order valence-electron chi connectivity index (χ4n) is 3.03. The van der Waals surface area contributed by atoms with Gasteiger partial charge in [-0.2, -0.15) is 0 Å². The van der Waals surface area contributed by atoms with Crippen molar-refractivity contribution in [1.82, 2.24) is 5.32 Å². The smallest absolute Gasteiger partial charge is 0.244 e. The highest BCUT2D eigenvalue weighted by Crippen LogP contribution is 2.22. The number of hydrogen-bond acceptors (Lipinski definition) is 3. The van der Waals surface area contributed by atoms with E-state index in [4.69, 9.17) is 4.74 Å². The lowest BCUT2D eigenvalue weighted by molar-refractivity contribution is -0.117. The quantitative estimate of drug-likeness (QED) is 0.765. The van der Waals surface area contributed by atoms with E-state index >= 15 is 0 Å². The Morgan fingerprint density at radius 1 is 1.19 bits per heavy atom. The molecule has 1 N–H and O–H groups in total. The molecule has 2 aromatic rings. The SMILES string of the molecule is CCOc1ccccc1/C=C/C(=O)NCc1ccc(N2CCCC2=O)cc1. The highest BCUT2D eigenvalue weighted by molar-refractivity contribution is 5.95. The summed E-state index contributed by atoms with van der Waals surface area (Å²) in [6.07, 6.45) is 4.80. The van der Waals surface area contributed by atoms with Gasteiger partial charge in [0, 0.05) is 36.8 Å². The first kappa shape index (κ1) is 18.7. The van der Waals surface area contributed by atoms with Crippen LogP contribution in [0.15, 0.2) is 54.6 Å². The normalized spacial score (nSPS) is 14.0. The molecule has 0 unspecified atom stereocenters. The molecule has 2 aromatic carbocycles. The molecule has 0 atom stereocenters. The zero-order valence-corrected chi connectivity index (χ0v) is 15.5. The summed E-state index contributed by atoms with van der Waals surface area (Å²) in [5, 5.41) is 2.87. The van der Waals surface area contributed by atoms with Gasteiger partial charge in [-0.25, -0.2) is 0 Å². The molecule has 0 aromatic heterocycles. The number of rotatable bonds is 7. The number of hydrogen-bond donors (Lipinski definition) is 1. The summed E-state index contributed by atoms with van der Waals surface area (Å²) in [5.41, 5.74) is 2.77. The Labute approximate surface area is 159 Å². The van der Waals surface area contributed by atoms with E-state index in [1.165, 1.54) is 6.08 Å². The predicted molar refractivity (Wildman–Crippen MR) is 107 cm³/mol. The first-order valence-electron chi connectivity index (χ1n) is 9.24. The van der Waals surface area contributed by atoms with Crippen LogP contribution in [0.25, 0.3) is 6.08 Å². The first-order chi connectivity index (χ1) is 13.2. The largest absolute Gasteiger partial charge is 0.493 e. The first-order valence-corrected chi connectivity index (χ1v) is 9.24. The number of nitrogens with one attached hydrogen (secondary N) is 1. The lowest BCUT2D eigenvalue weighted by Gasteiger charge is -2.15. The number of nitrogens with zero attached hydrogens (tertiary/aromatic N) is 1. The molecule has 3 rings (SSSR count). The second kappa shape index (κ2) is 9.03. The summed E-state index contributed by atoms with van der Waals surface area (Å²) >= 11 is 0. The average molecular weight is 364 g/mol. The Kier molecular flexibility index (Phi) is 6.26. The Bertz CT molecular complexity index is 828. The summed E-state index contributed by atoms with van der Waals surface area (Å²) in [6, 6.07) is 15.3. The van der Waals surface area contributed by atoms with Gasteiger partial charge < -0.3 is 15.0 Å². The Morgan fingerprint density at radius 2 is 1.96 bits per heavy atom. The minimum atomic E-state index is -0.167. The highest BCUT2D eigenvalue weighted by atomic mass is 16.5. The maximum Gasteiger partial charge on any atom is 0.244 e. The lowest BCUT2D eigenvalue weighted by Crippen LogP contribution is -2.23. The van der Waals surface area contributed by atoms with Crippen molar-refractivity contribution in [3.05, 3.63) is 65.7 Å². The molecule has 1 aliphatic rings. The average Bonchev–Trinajstić information content (AvgIpc) is 3.12. The molecular formula is C22H24N2O3. The van der Waals surface area contributed by atoms with Gasteiger partial charge in [-0.15, -0.1) is 0 Å². The zero-order chi connectivity index (χ0) is 19.1. The number of benzene rings is 2. The maximum absolute atomic E-state index is 12.1. The van der Waals surface area contributed by atoms with Gasteiger partial charge >= 0.3 is 0 Å². The van der Waals surface area contributed by atoms with Crippen molar-refractivity contribution in [3.63, 3.8) is 0 Å². The number of ether oxygens (including phenoxy) is 1. The molecule has 0 spiro atoms. The van der Waals surface area contributed by atoms with Crippen LogP contribution in [0, 0.1) is 0 Å². The van der Waals surface area contributed by atoms with Gasteiger partial charge in [0.05, 0.1) is 6.61 Å². The van der Waals surface area contributed by atoms with Crippen molar-refractivity contribution in [2.75, 3.05) is 18.1 Å². The van der Waals surface area contributed by atoms with Crippen molar-refractivity contribution in [2.24, 2.45) is 0 Å². The third-order valence-electron chi connectivity index (χ3n) is 4.42. The molecule has 27 heavy (non-hydrogen) atoms. The molecule has 1 aliphatic heterocycles. The summed E-state index contributed by atoms with van der Waals surface area (Å²) in [7, 11) is 0. The topological polar surface area (TPSA) is 58.6 Å². The number of carbonyl (C=O) groups excluding carboxylic acids is 2. The molecule has 0 radical (unpaired) electrons. The predicted octanol–water partition coefficient (Wildman–Crippen LogP) is 3.54. The van der Waals surface area contributed by atoms with E-state index < -0.39 is 0 Å². The monoisotopic (exact) mass is 364 g/mol. The van der Waals surface area contributed by atoms with Crippen molar-refractivity contribution in [3.8, 4) is 5.75 Å². The van der Waals surface area contributed by atoms with Crippen LogP contribution in [0.5, 0.6) is 5.75 Å². The Hall–Kier alpha value is -3.08. The molecule has 5 nitrogen and oxygen atoms in total. The fraction of sp³-hybridized carbons (Fsp3) is 0.273. The second-order valence-corrected chi connectivity index (χ2v) is 6.34. The molecule has 1 heterocycles. The summed E-state index contributed by atoms with van der Waals surface area (Å²) in [6.45, 7) is 3.72. The van der Waals surface area contributed by atoms with Crippen molar-refractivity contribution in [1.29, 1.82) is 0 Å². The van der Waals surface area contributed by atoms with Crippen LogP contribution < -0.4 is 15.0 Å². The molecule has 0 bridgehead atoms. The minimum absolute atomic E-state index is 0.167. The van der Waals surface area contributed by atoms with E-state index in [1.807, 2.05) is 55.5 Å². The van der Waals surface area contributed by atoms with E-state index in [0.717, 1.165) is 35.5 Å². The van der Waals surface area contributed by atoms with Gasteiger partial charge in [0.2, 0.25) is 11.8 Å². The third-order valence-corrected chi connectivity index (χ3v) is 4.42. The van der Waals surface area contributed by atoms with Gasteiger partial charge in [-0.3, -0.25) is 9.59 Å². The van der Waals surface area contributed by atoms with Crippen molar-refractivity contribution in [2.45, 2.75) is 26.3 Å². The molecule has 0 aliphatic carbocycles. The molecule has 2 amide bonds.